The molecule has 3 heteroatoms. The molecule has 3 heterocycles. The lowest BCUT2D eigenvalue weighted by Gasteiger charge is -2.08. The van der Waals surface area contributed by atoms with Crippen LogP contribution in [0.5, 0.6) is 0 Å². The van der Waals surface area contributed by atoms with Gasteiger partial charge in [-0.1, -0.05) is 49.7 Å². The third kappa shape index (κ3) is 2.37. The number of H-pyrrole nitrogens is 1. The molecule has 4 aromatic carbocycles. The lowest BCUT2D eigenvalue weighted by atomic mass is 9.96. The molecule has 1 N–H and O–H groups in total. The minimum atomic E-state index is 1.10. The molecule has 0 fully saturated rings. The lowest BCUT2D eigenvalue weighted by molar-refractivity contribution is 0.795. The summed E-state index contributed by atoms with van der Waals surface area (Å²) in [6.07, 6.45) is 3.51. The fraction of sp³-hybridized carbons (Fsp3) is 0.226. The Morgan fingerprint density at radius 1 is 0.706 bits per heavy atom. The van der Waals surface area contributed by atoms with E-state index in [9.17, 15) is 0 Å². The second-order valence-electron chi connectivity index (χ2n) is 9.90. The number of aryl methyl sites for hydroxylation is 4. The quantitative estimate of drug-likeness (QED) is 0.284. The predicted octanol–water partition coefficient (Wildman–Crippen LogP) is 8.26. The van der Waals surface area contributed by atoms with Crippen LogP contribution in [0, 0.1) is 6.92 Å². The first-order valence-electron chi connectivity index (χ1n) is 12.4. The largest absolute Gasteiger partial charge is 0.354 e. The molecule has 0 radical (unpaired) electrons. The van der Waals surface area contributed by atoms with E-state index in [4.69, 9.17) is 0 Å². The Morgan fingerprint density at radius 2 is 1.26 bits per heavy atom. The smallest absolute Gasteiger partial charge is 0.0529 e. The highest BCUT2D eigenvalue weighted by molar-refractivity contribution is 6.36. The molecule has 3 aromatic heterocycles. The van der Waals surface area contributed by atoms with Crippen LogP contribution in [-0.4, -0.2) is 14.1 Å². The van der Waals surface area contributed by atoms with E-state index in [-0.39, 0.29) is 0 Å². The van der Waals surface area contributed by atoms with Gasteiger partial charge in [-0.05, 0) is 55.2 Å². The predicted molar refractivity (Wildman–Crippen MR) is 147 cm³/mol. The Labute approximate surface area is 198 Å². The van der Waals surface area contributed by atoms with Crippen LogP contribution in [0.1, 0.15) is 30.9 Å². The second kappa shape index (κ2) is 6.89. The number of nitrogens with zero attached hydrogens (tertiary/aromatic N) is 2. The number of hydrogen-bond acceptors (Lipinski definition) is 0. The van der Waals surface area contributed by atoms with E-state index >= 15 is 0 Å². The van der Waals surface area contributed by atoms with E-state index in [0.29, 0.717) is 0 Å². The van der Waals surface area contributed by atoms with Crippen LogP contribution >= 0.6 is 0 Å². The van der Waals surface area contributed by atoms with Crippen molar-refractivity contribution in [3.63, 3.8) is 0 Å². The van der Waals surface area contributed by atoms with E-state index < -0.39 is 0 Å². The third-order valence-corrected chi connectivity index (χ3v) is 7.93. The zero-order valence-corrected chi connectivity index (χ0v) is 20.3. The van der Waals surface area contributed by atoms with Crippen molar-refractivity contribution >= 4 is 65.4 Å². The molecule has 0 atom stereocenters. The molecule has 0 aliphatic rings. The summed E-state index contributed by atoms with van der Waals surface area (Å²) >= 11 is 0. The Kier molecular flexibility index (Phi) is 4.00. The summed E-state index contributed by atoms with van der Waals surface area (Å²) in [5.41, 5.74) is 10.6. The SMILES string of the molecule is CCCCc1cc2[nH]c3cc(C)c4c(c5ccccc5n4C)c3c2c2c3ccccc3n(C)c12. The van der Waals surface area contributed by atoms with Crippen LogP contribution in [0.4, 0.5) is 0 Å². The molecule has 0 bridgehead atoms. The number of unbranched alkanes of at least 4 members (excludes halogenated alkanes) is 1. The maximum Gasteiger partial charge on any atom is 0.0529 e. The highest BCUT2D eigenvalue weighted by Gasteiger charge is 2.22. The molecular formula is C31H29N3. The van der Waals surface area contributed by atoms with E-state index in [1.165, 1.54) is 89.4 Å². The molecule has 0 saturated heterocycles. The summed E-state index contributed by atoms with van der Waals surface area (Å²) in [5, 5.41) is 8.16. The minimum absolute atomic E-state index is 1.10. The highest BCUT2D eigenvalue weighted by Crippen LogP contribution is 2.45. The molecule has 0 aliphatic heterocycles. The van der Waals surface area contributed by atoms with Crippen molar-refractivity contribution < 1.29 is 0 Å². The molecular weight excluding hydrogens is 414 g/mol. The average Bonchev–Trinajstić information content (AvgIpc) is 3.46. The van der Waals surface area contributed by atoms with Crippen molar-refractivity contribution in [3.8, 4) is 0 Å². The molecule has 7 rings (SSSR count). The molecule has 0 amide bonds. The Hall–Kier alpha value is -3.72. The summed E-state index contributed by atoms with van der Waals surface area (Å²) < 4.78 is 4.79. The van der Waals surface area contributed by atoms with Crippen LogP contribution in [0.15, 0.2) is 60.7 Å². The number of benzene rings is 4. The maximum absolute atomic E-state index is 3.85. The fourth-order valence-electron chi connectivity index (χ4n) is 6.49. The number of aromatic nitrogens is 3. The van der Waals surface area contributed by atoms with Crippen molar-refractivity contribution in [2.24, 2.45) is 14.1 Å². The summed E-state index contributed by atoms with van der Waals surface area (Å²) in [4.78, 5) is 3.85. The summed E-state index contributed by atoms with van der Waals surface area (Å²) in [6, 6.07) is 22.5. The van der Waals surface area contributed by atoms with Gasteiger partial charge in [0.1, 0.15) is 0 Å². The fourth-order valence-corrected chi connectivity index (χ4v) is 6.49. The molecule has 7 aromatic rings. The molecule has 0 saturated carbocycles. The van der Waals surface area contributed by atoms with Crippen LogP contribution in [0.2, 0.25) is 0 Å². The first-order valence-corrected chi connectivity index (χ1v) is 12.4. The molecule has 168 valence electrons. The van der Waals surface area contributed by atoms with Crippen LogP contribution < -0.4 is 0 Å². The minimum Gasteiger partial charge on any atom is -0.354 e. The van der Waals surface area contributed by atoms with E-state index in [1.807, 2.05) is 0 Å². The van der Waals surface area contributed by atoms with Crippen LogP contribution in [-0.2, 0) is 20.5 Å². The zero-order chi connectivity index (χ0) is 23.1. The molecule has 0 aliphatic carbocycles. The van der Waals surface area contributed by atoms with Gasteiger partial charge < -0.3 is 14.1 Å². The van der Waals surface area contributed by atoms with Gasteiger partial charge in [0.25, 0.3) is 0 Å². The van der Waals surface area contributed by atoms with E-state index in [0.717, 1.165) is 6.42 Å². The van der Waals surface area contributed by atoms with Gasteiger partial charge in [0, 0.05) is 68.5 Å². The summed E-state index contributed by atoms with van der Waals surface area (Å²) in [6.45, 7) is 4.52. The van der Waals surface area contributed by atoms with Gasteiger partial charge in [-0.3, -0.25) is 0 Å². The first kappa shape index (κ1) is 19.7. The van der Waals surface area contributed by atoms with E-state index in [1.54, 1.807) is 0 Å². The number of para-hydroxylation sites is 2. The van der Waals surface area contributed by atoms with Crippen molar-refractivity contribution in [2.75, 3.05) is 0 Å². The monoisotopic (exact) mass is 443 g/mol. The second-order valence-corrected chi connectivity index (χ2v) is 9.90. The van der Waals surface area contributed by atoms with Gasteiger partial charge in [0.2, 0.25) is 0 Å². The first-order chi connectivity index (χ1) is 16.6. The molecule has 3 nitrogen and oxygen atoms in total. The van der Waals surface area contributed by atoms with Crippen molar-refractivity contribution in [1.82, 2.24) is 14.1 Å². The van der Waals surface area contributed by atoms with Gasteiger partial charge in [-0.2, -0.15) is 0 Å². The lowest BCUT2D eigenvalue weighted by Crippen LogP contribution is -1.94. The van der Waals surface area contributed by atoms with Crippen molar-refractivity contribution in [1.29, 1.82) is 0 Å². The Bertz CT molecular complexity index is 1920. The molecule has 0 unspecified atom stereocenters. The Balaban J connectivity index is 1.81. The van der Waals surface area contributed by atoms with Gasteiger partial charge in [-0.25, -0.2) is 0 Å². The van der Waals surface area contributed by atoms with Gasteiger partial charge in [0.05, 0.1) is 11.0 Å². The summed E-state index contributed by atoms with van der Waals surface area (Å²) in [7, 11) is 4.44. The van der Waals surface area contributed by atoms with Gasteiger partial charge >= 0.3 is 0 Å². The topological polar surface area (TPSA) is 25.6 Å². The maximum atomic E-state index is 3.85. The standard InChI is InChI=1S/C31H29N3/c1-5-6-11-19-17-23-29(27-21-13-8-10-15-25(21)34(4)31(19)27)28-22(32-23)16-18(2)30-26(28)20-12-7-9-14-24(20)33(30)3/h7-10,12-17,32H,5-6,11H2,1-4H3. The summed E-state index contributed by atoms with van der Waals surface area (Å²) in [5.74, 6) is 0. The van der Waals surface area contributed by atoms with Crippen molar-refractivity contribution in [2.45, 2.75) is 33.1 Å². The number of rotatable bonds is 3. The number of hydrogen-bond donors (Lipinski definition) is 1. The van der Waals surface area contributed by atoms with E-state index in [2.05, 4.69) is 103 Å². The van der Waals surface area contributed by atoms with Crippen molar-refractivity contribution in [3.05, 3.63) is 71.8 Å². The van der Waals surface area contributed by atoms with Gasteiger partial charge in [-0.15, -0.1) is 0 Å². The molecule has 0 spiro atoms. The normalized spacial score (nSPS) is 12.5. The van der Waals surface area contributed by atoms with Crippen LogP contribution in [0.25, 0.3) is 65.4 Å². The molecule has 34 heavy (non-hydrogen) atoms. The average molecular weight is 444 g/mol. The van der Waals surface area contributed by atoms with Crippen LogP contribution in [0.3, 0.4) is 0 Å². The zero-order valence-electron chi connectivity index (χ0n) is 20.3. The highest BCUT2D eigenvalue weighted by atomic mass is 14.9. The number of aromatic amines is 1. The number of nitrogens with one attached hydrogen (secondary N) is 1. The number of fused-ring (bicyclic) bond motifs is 11. The third-order valence-electron chi connectivity index (χ3n) is 7.93. The van der Waals surface area contributed by atoms with Gasteiger partial charge in [0.15, 0.2) is 0 Å². The Morgan fingerprint density at radius 3 is 1.91 bits per heavy atom.